The number of imidazole rings is 1. The Morgan fingerprint density at radius 1 is 1.34 bits per heavy atom. The molecular formula is C23H37N5O5SSi. The second-order valence-electron chi connectivity index (χ2n) is 9.43. The van der Waals surface area contributed by atoms with Crippen molar-refractivity contribution in [3.05, 3.63) is 41.5 Å². The van der Waals surface area contributed by atoms with E-state index >= 15 is 0 Å². The monoisotopic (exact) mass is 523 g/mol. The lowest BCUT2D eigenvalue weighted by Crippen LogP contribution is -2.41. The number of nitrogens with zero attached hydrogens (tertiary/aromatic N) is 4. The molecule has 35 heavy (non-hydrogen) atoms. The number of allylic oxidation sites excluding steroid dienone is 3. The van der Waals surface area contributed by atoms with Crippen LogP contribution in [-0.2, 0) is 26.2 Å². The number of morpholine rings is 1. The zero-order valence-electron chi connectivity index (χ0n) is 21.1. The molecule has 1 aromatic heterocycles. The Kier molecular flexibility index (Phi) is 11.3. The first-order valence-corrected chi connectivity index (χ1v) is 17.1. The van der Waals surface area contributed by atoms with Crippen LogP contribution in [0, 0.1) is 11.3 Å². The van der Waals surface area contributed by atoms with Crippen LogP contribution >= 0.6 is 0 Å². The lowest BCUT2D eigenvalue weighted by Gasteiger charge is -2.26. The molecule has 12 heteroatoms. The summed E-state index contributed by atoms with van der Waals surface area (Å²) in [6, 6.07) is 2.96. The van der Waals surface area contributed by atoms with Crippen LogP contribution in [0.4, 0.5) is 0 Å². The second-order valence-corrected chi connectivity index (χ2v) is 17.1. The van der Waals surface area contributed by atoms with Gasteiger partial charge < -0.3 is 19.4 Å². The number of hydrogen-bond donors (Lipinski definition) is 1. The van der Waals surface area contributed by atoms with Crippen molar-refractivity contribution in [2.24, 2.45) is 0 Å². The molecule has 1 saturated heterocycles. The maximum atomic E-state index is 12.6. The van der Waals surface area contributed by atoms with Crippen molar-refractivity contribution in [3.8, 4) is 6.07 Å². The number of carbonyl (C=O) groups is 1. The largest absolute Gasteiger partial charge is 0.379 e. The number of aromatic nitrogens is 2. The molecule has 1 aliphatic heterocycles. The maximum Gasteiger partial charge on any atom is 0.287 e. The van der Waals surface area contributed by atoms with Crippen LogP contribution in [0.5, 0.6) is 0 Å². The van der Waals surface area contributed by atoms with Crippen LogP contribution in [0.15, 0.2) is 30.0 Å². The number of sulfonamides is 1. The molecule has 0 atom stereocenters. The summed E-state index contributed by atoms with van der Waals surface area (Å²) in [5, 5.41) is 11.9. The number of hydrogen-bond acceptors (Lipinski definition) is 7. The van der Waals surface area contributed by atoms with Gasteiger partial charge in [-0.3, -0.25) is 4.79 Å². The predicted octanol–water partition coefficient (Wildman–Crippen LogP) is 2.35. The summed E-state index contributed by atoms with van der Waals surface area (Å²) in [6.45, 7) is 11.2. The molecule has 1 amide bonds. The van der Waals surface area contributed by atoms with Gasteiger partial charge in [0.15, 0.2) is 5.69 Å². The van der Waals surface area contributed by atoms with Gasteiger partial charge >= 0.3 is 0 Å². The fourth-order valence-electron chi connectivity index (χ4n) is 3.26. The van der Waals surface area contributed by atoms with E-state index in [1.165, 1.54) is 15.1 Å². The van der Waals surface area contributed by atoms with Gasteiger partial charge in [-0.15, -0.1) is 0 Å². The molecule has 1 N–H and O–H groups in total. The molecule has 194 valence electrons. The van der Waals surface area contributed by atoms with Crippen molar-refractivity contribution in [2.75, 3.05) is 45.2 Å². The Balaban J connectivity index is 1.86. The Morgan fingerprint density at radius 3 is 2.69 bits per heavy atom. The minimum atomic E-state index is -3.33. The van der Waals surface area contributed by atoms with Gasteiger partial charge in [-0.25, -0.2) is 13.4 Å². The molecule has 1 aliphatic rings. The van der Waals surface area contributed by atoms with Crippen LogP contribution < -0.4 is 5.32 Å². The third kappa shape index (κ3) is 10.1. The van der Waals surface area contributed by atoms with Crippen LogP contribution in [0.3, 0.4) is 0 Å². The minimum absolute atomic E-state index is 0.0233. The van der Waals surface area contributed by atoms with Crippen molar-refractivity contribution in [1.82, 2.24) is 19.2 Å². The van der Waals surface area contributed by atoms with Gasteiger partial charge in [-0.1, -0.05) is 43.4 Å². The van der Waals surface area contributed by atoms with E-state index in [1.807, 2.05) is 25.1 Å². The fourth-order valence-corrected chi connectivity index (χ4v) is 5.47. The van der Waals surface area contributed by atoms with Crippen molar-refractivity contribution in [3.63, 3.8) is 0 Å². The van der Waals surface area contributed by atoms with E-state index in [0.717, 1.165) is 11.6 Å². The van der Waals surface area contributed by atoms with Crippen LogP contribution in [0.1, 0.15) is 29.7 Å². The number of nitriles is 1. The minimum Gasteiger partial charge on any atom is -0.379 e. The van der Waals surface area contributed by atoms with Gasteiger partial charge in [0, 0.05) is 40.5 Å². The third-order valence-electron chi connectivity index (χ3n) is 5.42. The first-order valence-electron chi connectivity index (χ1n) is 11.8. The molecule has 0 bridgehead atoms. The van der Waals surface area contributed by atoms with Crippen molar-refractivity contribution >= 4 is 24.0 Å². The molecule has 0 saturated carbocycles. The van der Waals surface area contributed by atoms with Gasteiger partial charge in [0.25, 0.3) is 5.91 Å². The second kappa shape index (κ2) is 13.7. The number of carbonyl (C=O) groups excluding carboxylic acids is 1. The summed E-state index contributed by atoms with van der Waals surface area (Å²) in [6.07, 6.45) is 7.31. The Labute approximate surface area is 209 Å². The lowest BCUT2D eigenvalue weighted by atomic mass is 10.2. The number of rotatable bonds is 13. The van der Waals surface area contributed by atoms with Crippen molar-refractivity contribution in [1.29, 1.82) is 5.26 Å². The number of amides is 1. The maximum absolute atomic E-state index is 12.6. The molecule has 0 spiro atoms. The van der Waals surface area contributed by atoms with E-state index in [-0.39, 0.29) is 30.5 Å². The first-order chi connectivity index (χ1) is 16.6. The third-order valence-corrected chi connectivity index (χ3v) is 8.99. The highest BCUT2D eigenvalue weighted by atomic mass is 32.2. The molecule has 0 unspecified atom stereocenters. The molecule has 1 fully saturated rings. The molecule has 2 heterocycles. The van der Waals surface area contributed by atoms with Gasteiger partial charge in [-0.05, 0) is 19.4 Å². The van der Waals surface area contributed by atoms with Crippen LogP contribution in [-0.4, -0.2) is 81.5 Å². The zero-order chi connectivity index (χ0) is 25.9. The molecule has 10 nitrogen and oxygen atoms in total. The highest BCUT2D eigenvalue weighted by Gasteiger charge is 2.24. The van der Waals surface area contributed by atoms with E-state index in [1.54, 1.807) is 6.08 Å². The van der Waals surface area contributed by atoms with Gasteiger partial charge in [0.05, 0.1) is 19.0 Å². The first kappa shape index (κ1) is 28.9. The fraction of sp³-hybridized carbons (Fsp3) is 0.609. The Morgan fingerprint density at radius 2 is 2.06 bits per heavy atom. The predicted molar refractivity (Wildman–Crippen MR) is 137 cm³/mol. The standard InChI is InChI=1S/C23H37N5O5SSi/c1-5-20(8-15-34(30,31)28-10-12-32-13-11-28)7-6-9-25-23(29)22-26-21(17-24)18-27(22)19-33-14-16-35(2,3)4/h5-7,18H,8-16,19H2,1-4H3,(H,25,29)/b7-6-,20-5+. The normalized spacial score (nSPS) is 15.9. The van der Waals surface area contributed by atoms with E-state index in [9.17, 15) is 13.2 Å². The van der Waals surface area contributed by atoms with E-state index < -0.39 is 24.0 Å². The molecular weight excluding hydrogens is 486 g/mol. The molecule has 2 rings (SSSR count). The van der Waals surface area contributed by atoms with Crippen molar-refractivity contribution in [2.45, 2.75) is 45.8 Å². The lowest BCUT2D eigenvalue weighted by molar-refractivity contribution is 0.0730. The van der Waals surface area contributed by atoms with Gasteiger partial charge in [0.2, 0.25) is 15.8 Å². The summed E-state index contributed by atoms with van der Waals surface area (Å²) >= 11 is 0. The zero-order valence-corrected chi connectivity index (χ0v) is 22.9. The summed E-state index contributed by atoms with van der Waals surface area (Å²) in [4.78, 5) is 16.7. The summed E-state index contributed by atoms with van der Waals surface area (Å²) < 4.78 is 38.9. The molecule has 0 radical (unpaired) electrons. The highest BCUT2D eigenvalue weighted by Crippen LogP contribution is 2.12. The smallest absolute Gasteiger partial charge is 0.287 e. The van der Waals surface area contributed by atoms with E-state index in [0.29, 0.717) is 39.3 Å². The van der Waals surface area contributed by atoms with Crippen molar-refractivity contribution < 1.29 is 22.7 Å². The SMILES string of the molecule is C/C=C(\C=C/CNC(=O)c1nc(C#N)cn1COCC[Si](C)(C)C)CCS(=O)(=O)N1CCOCC1. The number of ether oxygens (including phenoxy) is 2. The van der Waals surface area contributed by atoms with E-state index in [4.69, 9.17) is 14.7 Å². The van der Waals surface area contributed by atoms with Crippen LogP contribution in [0.2, 0.25) is 25.7 Å². The molecule has 1 aromatic rings. The quantitative estimate of drug-likeness (QED) is 0.239. The summed E-state index contributed by atoms with van der Waals surface area (Å²) in [5.41, 5.74) is 1.01. The Hall–Kier alpha value is -2.30. The topological polar surface area (TPSA) is 127 Å². The number of nitrogens with one attached hydrogen (secondary N) is 1. The Bertz CT molecular complexity index is 1050. The van der Waals surface area contributed by atoms with E-state index in [2.05, 4.69) is 29.9 Å². The summed E-state index contributed by atoms with van der Waals surface area (Å²) in [7, 11) is -4.56. The summed E-state index contributed by atoms with van der Waals surface area (Å²) in [5.74, 6) is -0.275. The average molecular weight is 524 g/mol. The van der Waals surface area contributed by atoms with Crippen LogP contribution in [0.25, 0.3) is 0 Å². The molecule has 0 aliphatic carbocycles. The van der Waals surface area contributed by atoms with Gasteiger partial charge in [0.1, 0.15) is 12.8 Å². The molecule has 0 aromatic carbocycles. The van der Waals surface area contributed by atoms with Gasteiger partial charge in [-0.2, -0.15) is 9.57 Å². The average Bonchev–Trinajstić information content (AvgIpc) is 3.24. The highest BCUT2D eigenvalue weighted by molar-refractivity contribution is 7.89.